The van der Waals surface area contributed by atoms with Crippen LogP contribution in [0.25, 0.3) is 0 Å². The van der Waals surface area contributed by atoms with Crippen molar-refractivity contribution in [2.24, 2.45) is 0 Å². The van der Waals surface area contributed by atoms with Gasteiger partial charge in [0, 0.05) is 6.04 Å². The van der Waals surface area contributed by atoms with Crippen molar-refractivity contribution in [1.82, 2.24) is 16.2 Å². The zero-order chi connectivity index (χ0) is 19.6. The Hall–Kier alpha value is -2.80. The average molecular weight is 400 g/mol. The van der Waals surface area contributed by atoms with E-state index in [1.54, 1.807) is 12.1 Å². The lowest BCUT2D eigenvalue weighted by atomic mass is 10.2. The molecule has 0 atom stereocenters. The lowest BCUT2D eigenvalue weighted by Gasteiger charge is -2.16. The van der Waals surface area contributed by atoms with E-state index in [9.17, 15) is 4.79 Å². The first kappa shape index (κ1) is 19.9. The summed E-state index contributed by atoms with van der Waals surface area (Å²) >= 11 is 5.17. The monoisotopic (exact) mass is 399 g/mol. The lowest BCUT2D eigenvalue weighted by Crippen LogP contribution is -2.50. The Labute approximate surface area is 170 Å². The highest BCUT2D eigenvalue weighted by molar-refractivity contribution is 7.80. The topological polar surface area (TPSA) is 71.6 Å². The standard InChI is InChI=1S/C21H25N3O3S/c25-20(23-24-21(28)22-17-8-4-5-9-17)15-27-19-12-10-18(11-13-19)26-14-16-6-2-1-3-7-16/h1-3,6-7,10-13,17H,4-5,8-9,14-15H2,(H,23,25)(H2,22,24,28). The molecule has 3 N–H and O–H groups in total. The first-order chi connectivity index (χ1) is 13.7. The van der Waals surface area contributed by atoms with Crippen molar-refractivity contribution in [3.05, 3.63) is 60.2 Å². The largest absolute Gasteiger partial charge is 0.489 e. The molecule has 0 bridgehead atoms. The maximum absolute atomic E-state index is 11.9. The number of carbonyl (C=O) groups is 1. The molecule has 1 saturated carbocycles. The predicted molar refractivity (Wildman–Crippen MR) is 112 cm³/mol. The number of hydrazine groups is 1. The first-order valence-electron chi connectivity index (χ1n) is 9.44. The van der Waals surface area contributed by atoms with E-state index in [-0.39, 0.29) is 12.5 Å². The van der Waals surface area contributed by atoms with Crippen LogP contribution in [0.2, 0.25) is 0 Å². The van der Waals surface area contributed by atoms with Crippen molar-refractivity contribution < 1.29 is 14.3 Å². The molecule has 0 spiro atoms. The lowest BCUT2D eigenvalue weighted by molar-refractivity contribution is -0.123. The summed E-state index contributed by atoms with van der Waals surface area (Å²) in [6, 6.07) is 17.5. The second-order valence-corrected chi connectivity index (χ2v) is 7.07. The number of hydrogen-bond acceptors (Lipinski definition) is 4. The molecule has 6 nitrogen and oxygen atoms in total. The Balaban J connectivity index is 1.33. The summed E-state index contributed by atoms with van der Waals surface area (Å²) in [6.07, 6.45) is 4.67. The molecule has 0 unspecified atom stereocenters. The average Bonchev–Trinajstić information content (AvgIpc) is 3.23. The molecule has 2 aromatic carbocycles. The van der Waals surface area contributed by atoms with E-state index in [1.807, 2.05) is 42.5 Å². The second-order valence-electron chi connectivity index (χ2n) is 6.66. The summed E-state index contributed by atoms with van der Waals surface area (Å²) in [5.74, 6) is 1.03. The fraction of sp³-hybridized carbons (Fsp3) is 0.333. The summed E-state index contributed by atoms with van der Waals surface area (Å²) in [6.45, 7) is 0.396. The Kier molecular flexibility index (Phi) is 7.49. The molecule has 7 heteroatoms. The van der Waals surface area contributed by atoms with Crippen LogP contribution in [0, 0.1) is 0 Å². The molecular formula is C21H25N3O3S. The molecule has 28 heavy (non-hydrogen) atoms. The summed E-state index contributed by atoms with van der Waals surface area (Å²) < 4.78 is 11.2. The zero-order valence-electron chi connectivity index (χ0n) is 15.6. The van der Waals surface area contributed by atoms with Crippen LogP contribution in [0.3, 0.4) is 0 Å². The number of hydrogen-bond donors (Lipinski definition) is 3. The number of rotatable bonds is 7. The van der Waals surface area contributed by atoms with Crippen LogP contribution in [0.4, 0.5) is 0 Å². The molecule has 3 rings (SSSR count). The van der Waals surface area contributed by atoms with Crippen LogP contribution < -0.4 is 25.6 Å². The number of carbonyl (C=O) groups excluding carboxylic acids is 1. The summed E-state index contributed by atoms with van der Waals surface area (Å²) in [7, 11) is 0. The molecule has 0 heterocycles. The summed E-state index contributed by atoms with van der Waals surface area (Å²) in [5, 5.41) is 3.62. The van der Waals surface area contributed by atoms with E-state index in [4.69, 9.17) is 21.7 Å². The van der Waals surface area contributed by atoms with Gasteiger partial charge >= 0.3 is 0 Å². The van der Waals surface area contributed by atoms with Gasteiger partial charge in [-0.3, -0.25) is 15.6 Å². The quantitative estimate of drug-likeness (QED) is 0.491. The second kappa shape index (κ2) is 10.5. The van der Waals surface area contributed by atoms with Gasteiger partial charge in [-0.25, -0.2) is 0 Å². The maximum atomic E-state index is 11.9. The third-order valence-electron chi connectivity index (χ3n) is 4.45. The van der Waals surface area contributed by atoms with Crippen molar-refractivity contribution in [3.63, 3.8) is 0 Å². The van der Waals surface area contributed by atoms with Gasteiger partial charge in [-0.1, -0.05) is 43.2 Å². The molecular weight excluding hydrogens is 374 g/mol. The van der Waals surface area contributed by atoms with E-state index < -0.39 is 0 Å². The van der Waals surface area contributed by atoms with Crippen LogP contribution in [-0.2, 0) is 11.4 Å². The van der Waals surface area contributed by atoms with E-state index in [0.29, 0.717) is 23.5 Å². The Bertz CT molecular complexity index is 762. The minimum absolute atomic E-state index is 0.108. The van der Waals surface area contributed by atoms with Crippen molar-refractivity contribution in [2.45, 2.75) is 38.3 Å². The minimum atomic E-state index is -0.306. The van der Waals surface area contributed by atoms with Gasteiger partial charge in [-0.05, 0) is 54.9 Å². The number of thiocarbonyl (C=S) groups is 1. The van der Waals surface area contributed by atoms with Gasteiger partial charge in [0.15, 0.2) is 11.7 Å². The fourth-order valence-electron chi connectivity index (χ4n) is 2.98. The molecule has 148 valence electrons. The number of amides is 1. The van der Waals surface area contributed by atoms with E-state index in [1.165, 1.54) is 12.8 Å². The van der Waals surface area contributed by atoms with Gasteiger partial charge in [0.1, 0.15) is 18.1 Å². The number of benzene rings is 2. The Morgan fingerprint density at radius 2 is 1.57 bits per heavy atom. The zero-order valence-corrected chi connectivity index (χ0v) is 16.5. The molecule has 1 fully saturated rings. The molecule has 0 aliphatic heterocycles. The van der Waals surface area contributed by atoms with Gasteiger partial charge in [-0.2, -0.15) is 0 Å². The van der Waals surface area contributed by atoms with Crippen LogP contribution >= 0.6 is 12.2 Å². The van der Waals surface area contributed by atoms with Gasteiger partial charge < -0.3 is 14.8 Å². The van der Waals surface area contributed by atoms with E-state index >= 15 is 0 Å². The van der Waals surface area contributed by atoms with E-state index in [2.05, 4.69) is 16.2 Å². The first-order valence-corrected chi connectivity index (χ1v) is 9.85. The van der Waals surface area contributed by atoms with E-state index in [0.717, 1.165) is 24.2 Å². The molecule has 1 aliphatic rings. The summed E-state index contributed by atoms with van der Waals surface area (Å²) in [5.41, 5.74) is 6.35. The Morgan fingerprint density at radius 1 is 0.929 bits per heavy atom. The predicted octanol–water partition coefficient (Wildman–Crippen LogP) is 3.08. The van der Waals surface area contributed by atoms with Crippen molar-refractivity contribution in [3.8, 4) is 11.5 Å². The van der Waals surface area contributed by atoms with Crippen molar-refractivity contribution >= 4 is 23.2 Å². The normalized spacial score (nSPS) is 13.6. The van der Waals surface area contributed by atoms with Crippen LogP contribution in [0.15, 0.2) is 54.6 Å². The minimum Gasteiger partial charge on any atom is -0.489 e. The number of ether oxygens (including phenoxy) is 2. The van der Waals surface area contributed by atoms with Crippen LogP contribution in [-0.4, -0.2) is 23.7 Å². The molecule has 1 amide bonds. The highest BCUT2D eigenvalue weighted by atomic mass is 32.1. The number of nitrogens with one attached hydrogen (secondary N) is 3. The van der Waals surface area contributed by atoms with Crippen LogP contribution in [0.5, 0.6) is 11.5 Å². The Morgan fingerprint density at radius 3 is 2.25 bits per heavy atom. The van der Waals surface area contributed by atoms with Gasteiger partial charge in [0.2, 0.25) is 0 Å². The van der Waals surface area contributed by atoms with Crippen LogP contribution in [0.1, 0.15) is 31.2 Å². The van der Waals surface area contributed by atoms with Crippen molar-refractivity contribution in [1.29, 1.82) is 0 Å². The SMILES string of the molecule is O=C(COc1ccc(OCc2ccccc2)cc1)NNC(=S)NC1CCCC1. The molecule has 1 aliphatic carbocycles. The molecule has 0 saturated heterocycles. The third-order valence-corrected chi connectivity index (χ3v) is 4.67. The smallest absolute Gasteiger partial charge is 0.276 e. The van der Waals surface area contributed by atoms with Gasteiger partial charge in [0.25, 0.3) is 5.91 Å². The van der Waals surface area contributed by atoms with Crippen molar-refractivity contribution in [2.75, 3.05) is 6.61 Å². The van der Waals surface area contributed by atoms with Gasteiger partial charge in [-0.15, -0.1) is 0 Å². The highest BCUT2D eigenvalue weighted by Crippen LogP contribution is 2.19. The molecule has 0 radical (unpaired) electrons. The fourth-order valence-corrected chi connectivity index (χ4v) is 3.19. The maximum Gasteiger partial charge on any atom is 0.276 e. The highest BCUT2D eigenvalue weighted by Gasteiger charge is 2.15. The molecule has 2 aromatic rings. The molecule has 0 aromatic heterocycles. The third kappa shape index (κ3) is 6.74. The summed E-state index contributed by atoms with van der Waals surface area (Å²) in [4.78, 5) is 11.9. The van der Waals surface area contributed by atoms with Gasteiger partial charge in [0.05, 0.1) is 0 Å².